The van der Waals surface area contributed by atoms with Crippen molar-refractivity contribution in [2.75, 3.05) is 6.54 Å². The average Bonchev–Trinajstić information content (AvgIpc) is 2.82. The number of benzene rings is 1. The fraction of sp³-hybridized carbons (Fsp3) is 0.391. The maximum atomic E-state index is 12.7. The molecule has 1 aromatic heterocycles. The van der Waals surface area contributed by atoms with Gasteiger partial charge in [0.2, 0.25) is 5.88 Å². The minimum Gasteiger partial charge on any atom is -0.431 e. The number of nitrogens with zero attached hydrogens (tertiary/aromatic N) is 1. The van der Waals surface area contributed by atoms with Crippen molar-refractivity contribution in [3.63, 3.8) is 0 Å². The van der Waals surface area contributed by atoms with Crippen LogP contribution in [0.15, 0.2) is 47.5 Å². The van der Waals surface area contributed by atoms with Crippen molar-refractivity contribution in [2.24, 2.45) is 0 Å². The van der Waals surface area contributed by atoms with Crippen molar-refractivity contribution >= 4 is 28.0 Å². The van der Waals surface area contributed by atoms with Crippen LogP contribution in [0, 0.1) is 0 Å². The summed E-state index contributed by atoms with van der Waals surface area (Å²) in [4.78, 5) is 40.0. The highest BCUT2D eigenvalue weighted by molar-refractivity contribution is 7.90. The zero-order chi connectivity index (χ0) is 25.1. The highest BCUT2D eigenvalue weighted by Gasteiger charge is 2.21. The van der Waals surface area contributed by atoms with Gasteiger partial charge < -0.3 is 14.8 Å². The van der Waals surface area contributed by atoms with E-state index in [2.05, 4.69) is 10.3 Å². The van der Waals surface area contributed by atoms with Crippen molar-refractivity contribution in [3.05, 3.63) is 53.7 Å². The van der Waals surface area contributed by atoms with E-state index in [-0.39, 0.29) is 28.0 Å². The Morgan fingerprint density at radius 3 is 2.35 bits per heavy atom. The lowest BCUT2D eigenvalue weighted by molar-refractivity contribution is 0.0538. The van der Waals surface area contributed by atoms with E-state index in [4.69, 9.17) is 9.47 Å². The summed E-state index contributed by atoms with van der Waals surface area (Å²) >= 11 is 0. The fourth-order valence-corrected chi connectivity index (χ4v) is 3.82. The molecule has 2 aromatic rings. The van der Waals surface area contributed by atoms with Crippen LogP contribution >= 0.6 is 0 Å². The second-order valence-electron chi connectivity index (χ2n) is 7.37. The van der Waals surface area contributed by atoms with Crippen LogP contribution in [0.3, 0.4) is 0 Å². The minimum absolute atomic E-state index is 0.0715. The van der Waals surface area contributed by atoms with Gasteiger partial charge in [-0.3, -0.25) is 9.59 Å². The summed E-state index contributed by atoms with van der Waals surface area (Å²) in [6.07, 6.45) is 2.87. The molecule has 0 unspecified atom stereocenters. The second kappa shape index (κ2) is 12.7. The van der Waals surface area contributed by atoms with Crippen LogP contribution < -0.4 is 14.8 Å². The van der Waals surface area contributed by atoms with E-state index in [1.54, 1.807) is 0 Å². The Balaban J connectivity index is 2.04. The van der Waals surface area contributed by atoms with Gasteiger partial charge in [0.15, 0.2) is 0 Å². The van der Waals surface area contributed by atoms with E-state index < -0.39 is 28.0 Å². The first-order chi connectivity index (χ1) is 16.2. The summed E-state index contributed by atoms with van der Waals surface area (Å²) < 4.78 is 37.3. The third-order valence-electron chi connectivity index (χ3n) is 4.81. The number of hydrogen-bond acceptors (Lipinski definition) is 8. The molecule has 10 nitrogen and oxygen atoms in total. The smallest absolute Gasteiger partial charge is 0.431 e. The molecule has 0 aliphatic heterocycles. The molecule has 2 amide bonds. The lowest BCUT2D eigenvalue weighted by atomic mass is 10.2. The number of pyridine rings is 1. The van der Waals surface area contributed by atoms with Gasteiger partial charge in [0, 0.05) is 24.4 Å². The summed E-state index contributed by atoms with van der Waals surface area (Å²) in [5.74, 6) is -1.44. The number of ether oxygens (including phenoxy) is 2. The Hall–Kier alpha value is -3.47. The summed E-state index contributed by atoms with van der Waals surface area (Å²) in [5.41, 5.74) is 0.0904. The molecular formula is C23H29N3O7S. The topological polar surface area (TPSA) is 141 Å². The molecule has 0 fully saturated rings. The van der Waals surface area contributed by atoms with Crippen molar-refractivity contribution in [1.82, 2.24) is 15.0 Å². The van der Waals surface area contributed by atoms with Crippen LogP contribution in [0.5, 0.6) is 5.88 Å². The number of hydrogen-bond donors (Lipinski definition) is 2. The maximum Gasteiger partial charge on any atom is 0.515 e. The van der Waals surface area contributed by atoms with Crippen molar-refractivity contribution < 1.29 is 32.3 Å². The van der Waals surface area contributed by atoms with E-state index >= 15 is 0 Å². The summed E-state index contributed by atoms with van der Waals surface area (Å²) in [5, 5.41) is 2.71. The van der Waals surface area contributed by atoms with Crippen LogP contribution in [-0.4, -0.2) is 44.0 Å². The predicted molar refractivity (Wildman–Crippen MR) is 124 cm³/mol. The van der Waals surface area contributed by atoms with Crippen molar-refractivity contribution in [2.45, 2.75) is 57.5 Å². The van der Waals surface area contributed by atoms with E-state index in [0.29, 0.717) is 19.4 Å². The van der Waals surface area contributed by atoms with E-state index in [1.807, 2.05) is 25.5 Å². The highest BCUT2D eigenvalue weighted by atomic mass is 32.2. The van der Waals surface area contributed by atoms with Gasteiger partial charge >= 0.3 is 6.16 Å². The van der Waals surface area contributed by atoms with Gasteiger partial charge in [-0.2, -0.15) is 0 Å². The molecule has 0 radical (unpaired) electrons. The third-order valence-corrected chi connectivity index (χ3v) is 6.14. The molecule has 1 aromatic carbocycles. The zero-order valence-corrected chi connectivity index (χ0v) is 20.2. The Kier molecular flexibility index (Phi) is 9.99. The first-order valence-electron chi connectivity index (χ1n) is 11.0. The Morgan fingerprint density at radius 2 is 1.74 bits per heavy atom. The van der Waals surface area contributed by atoms with Gasteiger partial charge in [-0.15, -0.1) is 0 Å². The number of nitrogens with one attached hydrogen (secondary N) is 2. The number of carbonyl (C=O) groups excluding carboxylic acids is 3. The van der Waals surface area contributed by atoms with Crippen LogP contribution in [-0.2, 0) is 14.8 Å². The van der Waals surface area contributed by atoms with Crippen molar-refractivity contribution in [1.29, 1.82) is 0 Å². The number of sulfonamides is 1. The van der Waals surface area contributed by atoms with Crippen LogP contribution in [0.2, 0.25) is 0 Å². The van der Waals surface area contributed by atoms with Gasteiger partial charge in [0.05, 0.1) is 10.5 Å². The Bertz CT molecular complexity index is 1100. The van der Waals surface area contributed by atoms with Gasteiger partial charge in [0.25, 0.3) is 21.8 Å². The average molecular weight is 492 g/mol. The molecule has 184 valence electrons. The number of amides is 2. The van der Waals surface area contributed by atoms with Gasteiger partial charge in [-0.25, -0.2) is 22.9 Å². The van der Waals surface area contributed by atoms with Crippen molar-refractivity contribution in [3.8, 4) is 5.88 Å². The quantitative estimate of drug-likeness (QED) is 0.360. The molecule has 0 saturated heterocycles. The van der Waals surface area contributed by atoms with E-state index in [1.165, 1.54) is 36.4 Å². The molecule has 11 heteroatoms. The lowest BCUT2D eigenvalue weighted by Crippen LogP contribution is -2.31. The number of unbranched alkanes of at least 4 members (excludes halogenated alkanes) is 1. The molecule has 2 N–H and O–H groups in total. The summed E-state index contributed by atoms with van der Waals surface area (Å²) in [7, 11) is -4.25. The van der Waals surface area contributed by atoms with Gasteiger partial charge in [-0.05, 0) is 43.5 Å². The number of rotatable bonds is 11. The molecule has 0 atom stereocenters. The maximum absolute atomic E-state index is 12.7. The highest BCUT2D eigenvalue weighted by Crippen LogP contribution is 2.14. The van der Waals surface area contributed by atoms with Crippen LogP contribution in [0.4, 0.5) is 4.79 Å². The van der Waals surface area contributed by atoms with Crippen LogP contribution in [0.25, 0.3) is 0 Å². The number of carbonyl (C=O) groups is 3. The van der Waals surface area contributed by atoms with Gasteiger partial charge in [-0.1, -0.05) is 33.3 Å². The third kappa shape index (κ3) is 7.84. The predicted octanol–water partition coefficient (Wildman–Crippen LogP) is 3.43. The summed E-state index contributed by atoms with van der Waals surface area (Å²) in [6.45, 7) is 6.21. The van der Waals surface area contributed by atoms with E-state index in [9.17, 15) is 22.8 Å². The molecule has 0 bridgehead atoms. The van der Waals surface area contributed by atoms with Crippen LogP contribution in [0.1, 0.15) is 67.2 Å². The SMILES string of the molecule is CCCCNC(=O)c1cccc(S(=O)(=O)NC(=O)c2ccc(OC(=O)OC(CC)CC)nc2)c1. The van der Waals surface area contributed by atoms with E-state index in [0.717, 1.165) is 19.0 Å². The normalized spacial score (nSPS) is 11.1. The summed E-state index contributed by atoms with van der Waals surface area (Å²) in [6, 6.07) is 7.88. The molecule has 0 spiro atoms. The minimum atomic E-state index is -4.25. The lowest BCUT2D eigenvalue weighted by Gasteiger charge is -2.13. The first kappa shape index (κ1) is 26.8. The first-order valence-corrected chi connectivity index (χ1v) is 12.5. The molecule has 2 rings (SSSR count). The molecule has 0 aliphatic carbocycles. The molecule has 0 aliphatic rings. The fourth-order valence-electron chi connectivity index (χ4n) is 2.80. The largest absolute Gasteiger partial charge is 0.515 e. The Labute approximate surface area is 199 Å². The second-order valence-corrected chi connectivity index (χ2v) is 9.05. The Morgan fingerprint density at radius 1 is 1.00 bits per heavy atom. The molecule has 1 heterocycles. The zero-order valence-electron chi connectivity index (χ0n) is 19.4. The molecular weight excluding hydrogens is 462 g/mol. The molecule has 0 saturated carbocycles. The van der Waals surface area contributed by atoms with Gasteiger partial charge in [0.1, 0.15) is 6.10 Å². The molecule has 34 heavy (non-hydrogen) atoms. The standard InChI is InChI=1S/C23H29N3O7S/c1-4-7-13-24-21(27)16-9-8-10-19(14-16)34(30,31)26-22(28)17-11-12-20(25-15-17)33-23(29)32-18(5-2)6-3/h8-12,14-15,18H,4-7,13H2,1-3H3,(H,24,27)(H,26,28). The monoisotopic (exact) mass is 491 g/mol. The number of aromatic nitrogens is 1.